The summed E-state index contributed by atoms with van der Waals surface area (Å²) in [5, 5.41) is 0.657. The molecule has 5 nitrogen and oxygen atoms in total. The van der Waals surface area contributed by atoms with Gasteiger partial charge >= 0.3 is 5.97 Å². The van der Waals surface area contributed by atoms with Crippen LogP contribution in [0.15, 0.2) is 59.6 Å². The third kappa shape index (κ3) is 3.71. The van der Waals surface area contributed by atoms with Crippen molar-refractivity contribution in [3.63, 3.8) is 0 Å². The summed E-state index contributed by atoms with van der Waals surface area (Å²) in [4.78, 5) is 31.5. The highest BCUT2D eigenvalue weighted by molar-refractivity contribution is 7.17. The molecule has 1 aromatic heterocycles. The Kier molecular flexibility index (Phi) is 5.14. The predicted molar refractivity (Wildman–Crippen MR) is 96.7 cm³/mol. The Balaban J connectivity index is 2.11. The average Bonchev–Trinajstić information content (AvgIpc) is 3.09. The van der Waals surface area contributed by atoms with Crippen LogP contribution in [0.5, 0.6) is 0 Å². The summed E-state index contributed by atoms with van der Waals surface area (Å²) in [6.45, 7) is 2.06. The zero-order valence-corrected chi connectivity index (χ0v) is 14.2. The topological polar surface area (TPSA) is 68.6 Å². The highest BCUT2D eigenvalue weighted by Gasteiger charge is 2.21. The van der Waals surface area contributed by atoms with Crippen LogP contribution in [0.1, 0.15) is 16.6 Å². The van der Waals surface area contributed by atoms with Crippen molar-refractivity contribution < 1.29 is 14.3 Å². The Hall–Kier alpha value is -3.08. The lowest BCUT2D eigenvalue weighted by Gasteiger charge is -2.01. The lowest BCUT2D eigenvalue weighted by molar-refractivity contribution is 0.0532. The minimum atomic E-state index is -0.396. The molecule has 3 aromatic rings. The van der Waals surface area contributed by atoms with E-state index in [-0.39, 0.29) is 0 Å². The summed E-state index contributed by atoms with van der Waals surface area (Å²) < 4.78 is 5.16. The molecule has 0 unspecified atom stereocenters. The fraction of sp³-hybridized carbons (Fsp3) is 0.105. The second kappa shape index (κ2) is 7.66. The number of ether oxygens (including phenoxy) is 1. The Morgan fingerprint density at radius 2 is 1.92 bits per heavy atom. The largest absolute Gasteiger partial charge is 0.462 e. The van der Waals surface area contributed by atoms with Gasteiger partial charge in [-0.3, -0.25) is 0 Å². The van der Waals surface area contributed by atoms with Crippen LogP contribution in [0.4, 0.5) is 5.69 Å². The Morgan fingerprint density at radius 3 is 2.64 bits per heavy atom. The molecule has 0 radical (unpaired) electrons. The molecular formula is C19H14N2O3S. The molecule has 0 saturated heterocycles. The highest BCUT2D eigenvalue weighted by Crippen LogP contribution is 2.35. The minimum Gasteiger partial charge on any atom is -0.462 e. The SMILES string of the molecule is CCOC(=O)c1sc(-c2cccc(N=C=O)c2)nc1-c1ccccc1. The van der Waals surface area contributed by atoms with E-state index < -0.39 is 5.97 Å². The van der Waals surface area contributed by atoms with Crippen LogP contribution in [0, 0.1) is 0 Å². The fourth-order valence-electron chi connectivity index (χ4n) is 2.33. The number of thiazole rings is 1. The number of carbonyl (C=O) groups excluding carboxylic acids is 2. The van der Waals surface area contributed by atoms with Crippen molar-refractivity contribution in [2.75, 3.05) is 6.61 Å². The molecule has 3 rings (SSSR count). The molecule has 0 saturated carbocycles. The standard InChI is InChI=1S/C19H14N2O3S/c1-2-24-19(23)17-16(13-7-4-3-5-8-13)21-18(25-17)14-9-6-10-15(11-14)20-12-22/h3-11H,2H2,1H3. The molecule has 0 aliphatic heterocycles. The van der Waals surface area contributed by atoms with Gasteiger partial charge < -0.3 is 4.74 Å². The summed E-state index contributed by atoms with van der Waals surface area (Å²) in [5.41, 5.74) is 2.69. The Bertz CT molecular complexity index is 944. The second-order valence-electron chi connectivity index (χ2n) is 5.04. The number of nitrogens with zero attached hydrogens (tertiary/aromatic N) is 2. The summed E-state index contributed by atoms with van der Waals surface area (Å²) in [6, 6.07) is 16.5. The number of carbonyl (C=O) groups is 1. The van der Waals surface area contributed by atoms with E-state index in [1.807, 2.05) is 36.4 Å². The zero-order valence-electron chi connectivity index (χ0n) is 13.4. The minimum absolute atomic E-state index is 0.295. The van der Waals surface area contributed by atoms with Gasteiger partial charge in [0, 0.05) is 11.1 Å². The van der Waals surface area contributed by atoms with Gasteiger partial charge in [-0.05, 0) is 19.1 Å². The molecule has 0 N–H and O–H groups in total. The van der Waals surface area contributed by atoms with Gasteiger partial charge in [-0.2, -0.15) is 4.99 Å². The molecule has 1 heterocycles. The third-order valence-electron chi connectivity index (χ3n) is 3.40. The van der Waals surface area contributed by atoms with Crippen LogP contribution in [0.2, 0.25) is 0 Å². The Morgan fingerprint density at radius 1 is 1.16 bits per heavy atom. The van der Waals surface area contributed by atoms with Crippen LogP contribution >= 0.6 is 11.3 Å². The Labute approximate surface area is 148 Å². The smallest absolute Gasteiger partial charge is 0.350 e. The average molecular weight is 350 g/mol. The van der Waals surface area contributed by atoms with E-state index in [9.17, 15) is 9.59 Å². The molecule has 124 valence electrons. The summed E-state index contributed by atoms with van der Waals surface area (Å²) in [7, 11) is 0. The van der Waals surface area contributed by atoms with Crippen molar-refractivity contribution in [1.82, 2.24) is 4.98 Å². The molecule has 0 atom stereocenters. The van der Waals surface area contributed by atoms with Crippen molar-refractivity contribution in [2.24, 2.45) is 4.99 Å². The number of rotatable bonds is 5. The van der Waals surface area contributed by atoms with Gasteiger partial charge in [0.2, 0.25) is 6.08 Å². The summed E-state index contributed by atoms with van der Waals surface area (Å²) in [6.07, 6.45) is 1.52. The molecule has 0 spiro atoms. The first-order valence-corrected chi connectivity index (χ1v) is 8.46. The van der Waals surface area contributed by atoms with E-state index in [4.69, 9.17) is 4.74 Å². The van der Waals surface area contributed by atoms with Crippen molar-refractivity contribution in [1.29, 1.82) is 0 Å². The number of aromatic nitrogens is 1. The molecule has 25 heavy (non-hydrogen) atoms. The van der Waals surface area contributed by atoms with Gasteiger partial charge in [-0.1, -0.05) is 42.5 Å². The quantitative estimate of drug-likeness (QED) is 0.382. The first-order valence-electron chi connectivity index (χ1n) is 7.64. The number of benzene rings is 2. The molecule has 0 aliphatic rings. The van der Waals surface area contributed by atoms with Gasteiger partial charge in [0.05, 0.1) is 18.0 Å². The van der Waals surface area contributed by atoms with E-state index in [2.05, 4.69) is 9.98 Å². The first-order chi connectivity index (χ1) is 12.2. The highest BCUT2D eigenvalue weighted by atomic mass is 32.1. The van der Waals surface area contributed by atoms with Gasteiger partial charge in [-0.25, -0.2) is 14.6 Å². The maximum absolute atomic E-state index is 12.3. The molecular weight excluding hydrogens is 336 g/mol. The second-order valence-corrected chi connectivity index (χ2v) is 6.04. The van der Waals surface area contributed by atoms with Gasteiger partial charge in [0.1, 0.15) is 9.88 Å². The zero-order chi connectivity index (χ0) is 17.6. The lowest BCUT2D eigenvalue weighted by Crippen LogP contribution is -2.03. The number of aliphatic imine (C=N–C) groups is 1. The van der Waals surface area contributed by atoms with E-state index >= 15 is 0 Å². The molecule has 0 aliphatic carbocycles. The molecule has 0 bridgehead atoms. The third-order valence-corrected chi connectivity index (χ3v) is 4.49. The van der Waals surface area contributed by atoms with Crippen molar-refractivity contribution >= 4 is 29.1 Å². The van der Waals surface area contributed by atoms with Crippen LogP contribution in [-0.4, -0.2) is 23.6 Å². The maximum Gasteiger partial charge on any atom is 0.350 e. The van der Waals surface area contributed by atoms with E-state index in [1.165, 1.54) is 17.4 Å². The van der Waals surface area contributed by atoms with Crippen molar-refractivity contribution in [2.45, 2.75) is 6.92 Å². The monoisotopic (exact) mass is 350 g/mol. The maximum atomic E-state index is 12.3. The van der Waals surface area contributed by atoms with Crippen LogP contribution in [0.3, 0.4) is 0 Å². The number of esters is 1. The molecule has 0 fully saturated rings. The van der Waals surface area contributed by atoms with Crippen molar-refractivity contribution in [3.05, 3.63) is 59.5 Å². The number of hydrogen-bond donors (Lipinski definition) is 0. The molecule has 0 amide bonds. The lowest BCUT2D eigenvalue weighted by atomic mass is 10.1. The van der Waals surface area contributed by atoms with Crippen LogP contribution < -0.4 is 0 Å². The number of isocyanates is 1. The van der Waals surface area contributed by atoms with Gasteiger partial charge in [0.25, 0.3) is 0 Å². The van der Waals surface area contributed by atoms with Gasteiger partial charge in [0.15, 0.2) is 0 Å². The molecule has 2 aromatic carbocycles. The predicted octanol–water partition coefficient (Wildman–Crippen LogP) is 4.62. The molecule has 6 heteroatoms. The van der Waals surface area contributed by atoms with Gasteiger partial charge in [-0.15, -0.1) is 11.3 Å². The van der Waals surface area contributed by atoms with E-state index in [1.54, 1.807) is 25.1 Å². The summed E-state index contributed by atoms with van der Waals surface area (Å²) in [5.74, 6) is -0.396. The number of hydrogen-bond acceptors (Lipinski definition) is 6. The van der Waals surface area contributed by atoms with Crippen LogP contribution in [0.25, 0.3) is 21.8 Å². The van der Waals surface area contributed by atoms with E-state index in [0.29, 0.717) is 27.9 Å². The fourth-order valence-corrected chi connectivity index (χ4v) is 3.31. The van der Waals surface area contributed by atoms with E-state index in [0.717, 1.165) is 11.1 Å². The normalized spacial score (nSPS) is 10.1. The van der Waals surface area contributed by atoms with Crippen molar-refractivity contribution in [3.8, 4) is 21.8 Å². The van der Waals surface area contributed by atoms with Crippen LogP contribution in [-0.2, 0) is 9.53 Å². The summed E-state index contributed by atoms with van der Waals surface area (Å²) >= 11 is 1.26. The first kappa shape index (κ1) is 16.8.